The number of benzene rings is 12. The summed E-state index contributed by atoms with van der Waals surface area (Å²) in [4.78, 5) is 29.1. The fraction of sp³-hybridized carbons (Fsp3) is 0.0750. The highest BCUT2D eigenvalue weighted by molar-refractivity contribution is 6.62. The third-order valence-corrected chi connectivity index (χ3v) is 17.6. The molecule has 0 N–H and O–H groups in total. The van der Waals surface area contributed by atoms with Gasteiger partial charge in [-0.05, 0) is 86.1 Å². The predicted octanol–water partition coefficient (Wildman–Crippen LogP) is 20.2. The van der Waals surface area contributed by atoms with E-state index in [1.807, 2.05) is 194 Å². The van der Waals surface area contributed by atoms with Crippen LogP contribution in [0.4, 0.5) is 0 Å². The molecule has 0 radical (unpaired) electrons. The van der Waals surface area contributed by atoms with Crippen LogP contribution in [0.15, 0.2) is 288 Å². The zero-order chi connectivity index (χ0) is 62.3. The minimum absolute atomic E-state index is 0.401. The maximum Gasteiger partial charge on any atom is 0.494 e. The van der Waals surface area contributed by atoms with Gasteiger partial charge < -0.3 is 18.1 Å². The number of furan rings is 2. The molecular weight excluding hydrogens is 1160 g/mol. The zero-order valence-corrected chi connectivity index (χ0v) is 51.6. The fourth-order valence-corrected chi connectivity index (χ4v) is 12.0. The predicted molar refractivity (Wildman–Crippen MR) is 374 cm³/mol. The number of rotatable bonds is 8. The largest absolute Gasteiger partial charge is 0.494 e. The number of fused-ring (bicyclic) bond motifs is 10. The maximum absolute atomic E-state index is 6.33. The van der Waals surface area contributed by atoms with Gasteiger partial charge in [-0.25, -0.2) is 29.9 Å². The van der Waals surface area contributed by atoms with E-state index in [-0.39, 0.29) is 0 Å². The third kappa shape index (κ3) is 11.1. The molecule has 442 valence electrons. The van der Waals surface area contributed by atoms with Crippen LogP contribution in [-0.2, 0) is 9.31 Å². The third-order valence-electron chi connectivity index (χ3n) is 17.3. The number of hydrogen-bond acceptors (Lipinski definition) is 10. The minimum atomic E-state index is -0.445. The lowest BCUT2D eigenvalue weighted by molar-refractivity contribution is 0.00578. The average Bonchev–Trinajstić information content (AvgIpc) is 1.57. The van der Waals surface area contributed by atoms with Gasteiger partial charge in [0.05, 0.1) is 11.2 Å². The summed E-state index contributed by atoms with van der Waals surface area (Å²) in [5.41, 5.74) is 11.6. The van der Waals surface area contributed by atoms with Crippen LogP contribution in [0.1, 0.15) is 27.7 Å². The molecule has 0 unspecified atom stereocenters. The molecule has 0 amide bonds. The summed E-state index contributed by atoms with van der Waals surface area (Å²) in [5, 5.41) is 9.65. The van der Waals surface area contributed by atoms with Crippen LogP contribution < -0.4 is 5.46 Å². The summed E-state index contributed by atoms with van der Waals surface area (Å²) in [7, 11) is -0.445. The van der Waals surface area contributed by atoms with E-state index in [9.17, 15) is 0 Å². The lowest BCUT2D eigenvalue weighted by Crippen LogP contribution is -2.41. The lowest BCUT2D eigenvalue weighted by atomic mass is 9.78. The Morgan fingerprint density at radius 3 is 1.09 bits per heavy atom. The van der Waals surface area contributed by atoms with Gasteiger partial charge in [-0.15, -0.1) is 0 Å². The molecule has 1 fully saturated rings. The van der Waals surface area contributed by atoms with E-state index in [1.165, 1.54) is 0 Å². The second-order valence-corrected chi connectivity index (χ2v) is 24.1. The van der Waals surface area contributed by atoms with Crippen LogP contribution in [0.3, 0.4) is 0 Å². The van der Waals surface area contributed by atoms with Gasteiger partial charge in [-0.1, -0.05) is 254 Å². The molecule has 0 bridgehead atoms. The molecule has 16 aromatic rings. The monoisotopic (exact) mass is 1210 g/mol. The van der Waals surface area contributed by atoms with Gasteiger partial charge in [0, 0.05) is 76.1 Å². The number of halogens is 1. The highest BCUT2D eigenvalue weighted by Crippen LogP contribution is 2.41. The molecule has 0 atom stereocenters. The van der Waals surface area contributed by atoms with Gasteiger partial charge >= 0.3 is 7.12 Å². The summed E-state index contributed by atoms with van der Waals surface area (Å²) in [6.07, 6.45) is 0. The molecule has 5 heterocycles. The van der Waals surface area contributed by atoms with Gasteiger partial charge in [0.2, 0.25) is 0 Å². The van der Waals surface area contributed by atoms with E-state index in [0.29, 0.717) is 34.9 Å². The van der Waals surface area contributed by atoms with Crippen LogP contribution in [0, 0.1) is 0 Å². The van der Waals surface area contributed by atoms with E-state index in [0.717, 1.165) is 120 Å². The lowest BCUT2D eigenvalue weighted by Gasteiger charge is -2.32. The first-order valence-corrected chi connectivity index (χ1v) is 31.0. The van der Waals surface area contributed by atoms with Gasteiger partial charge in [0.15, 0.2) is 34.9 Å². The Labute approximate surface area is 537 Å². The molecule has 4 aromatic heterocycles. The van der Waals surface area contributed by atoms with Crippen molar-refractivity contribution >= 4 is 89.6 Å². The Hall–Kier alpha value is -10.9. The molecule has 1 aliphatic rings. The first-order chi connectivity index (χ1) is 45.0. The Morgan fingerprint density at radius 1 is 0.283 bits per heavy atom. The van der Waals surface area contributed by atoms with Crippen LogP contribution >= 0.6 is 11.6 Å². The fourth-order valence-electron chi connectivity index (χ4n) is 11.8. The van der Waals surface area contributed by atoms with Crippen molar-refractivity contribution in [3.05, 3.63) is 284 Å². The maximum atomic E-state index is 6.33. The van der Waals surface area contributed by atoms with E-state index >= 15 is 0 Å². The summed E-state index contributed by atoms with van der Waals surface area (Å²) >= 11 is 6.21. The summed E-state index contributed by atoms with van der Waals surface area (Å²) in [6, 6.07) is 93.6. The van der Waals surface area contributed by atoms with Crippen molar-refractivity contribution in [1.29, 1.82) is 0 Å². The van der Waals surface area contributed by atoms with E-state index in [1.54, 1.807) is 0 Å². The van der Waals surface area contributed by atoms with E-state index in [4.69, 9.17) is 59.6 Å². The smallest absolute Gasteiger partial charge is 0.455 e. The average molecular weight is 1210 g/mol. The van der Waals surface area contributed by atoms with Crippen LogP contribution in [0.25, 0.3) is 145 Å². The van der Waals surface area contributed by atoms with Crippen molar-refractivity contribution in [3.63, 3.8) is 0 Å². The molecule has 92 heavy (non-hydrogen) atoms. The Bertz CT molecular complexity index is 5260. The summed E-state index contributed by atoms with van der Waals surface area (Å²) in [6.45, 7) is 8.23. The van der Waals surface area contributed by atoms with Crippen LogP contribution in [-0.4, -0.2) is 48.2 Å². The topological polar surface area (TPSA) is 122 Å². The van der Waals surface area contributed by atoms with Crippen molar-refractivity contribution in [2.24, 2.45) is 0 Å². The molecule has 17 rings (SSSR count). The SMILES string of the molecule is CC1(C)OB(c2cccc(-c3nc(-c4ccccc4)nc(-c4ccccc4)n3)c2)OC1(C)C.Clc1cccc2c1ccc1c3ccccc3oc21.c1ccc(-c2nc(-c3ccccc3)nc(-c3cccc(-c4cccc5c4ccc4c6ccccc6oc54)c3)n2)cc1. The highest BCUT2D eigenvalue weighted by Gasteiger charge is 2.51. The van der Waals surface area contributed by atoms with E-state index in [2.05, 4.69) is 113 Å². The van der Waals surface area contributed by atoms with Crippen molar-refractivity contribution in [1.82, 2.24) is 29.9 Å². The molecule has 12 aromatic carbocycles. The number of aromatic nitrogens is 6. The van der Waals surface area contributed by atoms with Gasteiger partial charge in [-0.3, -0.25) is 0 Å². The summed E-state index contributed by atoms with van der Waals surface area (Å²) < 4.78 is 24.8. The molecular formula is C80H58BClN6O4. The first kappa shape index (κ1) is 57.5. The van der Waals surface area contributed by atoms with Gasteiger partial charge in [0.1, 0.15) is 22.3 Å². The first-order valence-electron chi connectivity index (χ1n) is 30.6. The highest BCUT2D eigenvalue weighted by atomic mass is 35.5. The quantitative estimate of drug-likeness (QED) is 0.136. The van der Waals surface area contributed by atoms with Crippen LogP contribution in [0.5, 0.6) is 0 Å². The molecule has 0 saturated carbocycles. The second-order valence-electron chi connectivity index (χ2n) is 23.7. The normalized spacial score (nSPS) is 13.3. The van der Waals surface area contributed by atoms with Crippen molar-refractivity contribution in [2.75, 3.05) is 0 Å². The Morgan fingerprint density at radius 2 is 0.609 bits per heavy atom. The molecule has 12 heteroatoms. The number of hydrogen-bond donors (Lipinski definition) is 0. The zero-order valence-electron chi connectivity index (χ0n) is 50.8. The number of nitrogens with zero attached hydrogens (tertiary/aromatic N) is 6. The van der Waals surface area contributed by atoms with Crippen molar-refractivity contribution < 1.29 is 18.1 Å². The Balaban J connectivity index is 0.000000123. The summed E-state index contributed by atoms with van der Waals surface area (Å²) in [5.74, 6) is 3.83. The van der Waals surface area contributed by atoms with Gasteiger partial charge in [-0.2, -0.15) is 0 Å². The van der Waals surface area contributed by atoms with Gasteiger partial charge in [0.25, 0.3) is 0 Å². The second kappa shape index (κ2) is 24.1. The standard InChI is InChI=1S/C37H23N3O.C27H26BN3O2.C16H9ClO/c1-3-11-24(12-4-1)35-38-36(25-13-5-2-6-14-25)40-37(39-35)27-16-9-15-26(23-27)28-18-10-19-31-29(28)21-22-32-30-17-7-8-20-33(30)41-34(31)32;1-26(2)27(3,4)33-28(32-26)22-17-11-16-21(18-22)25-30-23(19-12-7-5-8-13-19)29-24(31-25)20-14-9-6-10-15-20;17-14-6-3-5-12-10(14)8-9-13-11-4-1-2-7-15(11)18-16(12)13/h1-23H;5-18H,1-4H3;1-9H. The Kier molecular flexibility index (Phi) is 15.1. The van der Waals surface area contributed by atoms with Crippen molar-refractivity contribution in [2.45, 2.75) is 38.9 Å². The van der Waals surface area contributed by atoms with E-state index < -0.39 is 18.3 Å². The minimum Gasteiger partial charge on any atom is -0.455 e. The molecule has 0 aliphatic carbocycles. The molecule has 1 aliphatic heterocycles. The molecule has 10 nitrogen and oxygen atoms in total. The number of para-hydroxylation sites is 2. The molecule has 1 saturated heterocycles. The van der Waals surface area contributed by atoms with Crippen molar-refractivity contribution in [3.8, 4) is 79.5 Å². The van der Waals surface area contributed by atoms with Crippen LogP contribution in [0.2, 0.25) is 5.02 Å². The molecule has 0 spiro atoms.